The van der Waals surface area contributed by atoms with E-state index in [1.54, 1.807) is 31.2 Å². The summed E-state index contributed by atoms with van der Waals surface area (Å²) >= 11 is 6.16. The molecule has 22 heavy (non-hydrogen) atoms. The SMILES string of the molecule is CCC(O)C(=O)OC1CCCC(N)(c2ccccc2Cl)C1=O. The molecule has 1 aromatic rings. The minimum Gasteiger partial charge on any atom is -0.452 e. The average Bonchev–Trinajstić information content (AvgIpc) is 2.51. The first kappa shape index (κ1) is 16.9. The predicted molar refractivity (Wildman–Crippen MR) is 82.4 cm³/mol. The molecule has 6 heteroatoms. The van der Waals surface area contributed by atoms with E-state index in [9.17, 15) is 14.7 Å². The fraction of sp³-hybridized carbons (Fsp3) is 0.500. The van der Waals surface area contributed by atoms with Crippen molar-refractivity contribution in [2.24, 2.45) is 5.73 Å². The van der Waals surface area contributed by atoms with Crippen LogP contribution in [0.3, 0.4) is 0 Å². The number of ether oxygens (including phenoxy) is 1. The molecular weight excluding hydrogens is 306 g/mol. The molecule has 5 nitrogen and oxygen atoms in total. The second-order valence-electron chi connectivity index (χ2n) is 5.56. The fourth-order valence-corrected chi connectivity index (χ4v) is 3.00. The summed E-state index contributed by atoms with van der Waals surface area (Å²) < 4.78 is 5.15. The standard InChI is InChI=1S/C16H20ClNO4/c1-2-12(19)15(21)22-13-8-5-9-16(18,14(13)20)10-6-3-4-7-11(10)17/h3-4,6-7,12-13,19H,2,5,8-9,18H2,1H3. The highest BCUT2D eigenvalue weighted by Gasteiger charge is 2.46. The number of hydrogen-bond acceptors (Lipinski definition) is 5. The summed E-state index contributed by atoms with van der Waals surface area (Å²) in [5.41, 5.74) is 5.59. The third-order valence-corrected chi connectivity index (χ3v) is 4.37. The summed E-state index contributed by atoms with van der Waals surface area (Å²) in [5.74, 6) is -1.16. The zero-order valence-corrected chi connectivity index (χ0v) is 13.2. The van der Waals surface area contributed by atoms with Crippen LogP contribution in [0, 0.1) is 0 Å². The number of esters is 1. The monoisotopic (exact) mass is 325 g/mol. The van der Waals surface area contributed by atoms with E-state index in [1.807, 2.05) is 0 Å². The Bertz CT molecular complexity index is 577. The van der Waals surface area contributed by atoms with Crippen LogP contribution >= 0.6 is 11.6 Å². The topological polar surface area (TPSA) is 89.6 Å². The Morgan fingerprint density at radius 3 is 2.86 bits per heavy atom. The van der Waals surface area contributed by atoms with Crippen LogP contribution in [-0.4, -0.2) is 29.1 Å². The van der Waals surface area contributed by atoms with Crippen LogP contribution in [0.15, 0.2) is 24.3 Å². The maximum atomic E-state index is 12.7. The van der Waals surface area contributed by atoms with Gasteiger partial charge in [-0.05, 0) is 37.3 Å². The lowest BCUT2D eigenvalue weighted by molar-refractivity contribution is -0.167. The molecule has 1 aliphatic rings. The molecule has 1 aliphatic carbocycles. The molecule has 0 saturated heterocycles. The van der Waals surface area contributed by atoms with Crippen LogP contribution in [0.2, 0.25) is 5.02 Å². The summed E-state index contributed by atoms with van der Waals surface area (Å²) in [4.78, 5) is 24.4. The lowest BCUT2D eigenvalue weighted by Crippen LogP contribution is -2.54. The van der Waals surface area contributed by atoms with E-state index >= 15 is 0 Å². The van der Waals surface area contributed by atoms with Crippen molar-refractivity contribution in [2.45, 2.75) is 50.4 Å². The molecule has 0 bridgehead atoms. The number of carbonyl (C=O) groups is 2. The molecule has 1 aromatic carbocycles. The van der Waals surface area contributed by atoms with Crippen molar-refractivity contribution in [3.8, 4) is 0 Å². The number of aliphatic hydroxyl groups is 1. The second-order valence-corrected chi connectivity index (χ2v) is 5.96. The molecule has 0 spiro atoms. The van der Waals surface area contributed by atoms with Crippen LogP contribution < -0.4 is 5.73 Å². The first-order valence-corrected chi connectivity index (χ1v) is 7.74. The molecule has 0 amide bonds. The Hall–Kier alpha value is -1.43. The fourth-order valence-electron chi connectivity index (χ4n) is 2.70. The van der Waals surface area contributed by atoms with Gasteiger partial charge in [0.1, 0.15) is 5.54 Å². The minimum absolute atomic E-state index is 0.234. The van der Waals surface area contributed by atoms with Gasteiger partial charge in [-0.2, -0.15) is 0 Å². The molecule has 2 rings (SSSR count). The number of hydrogen-bond donors (Lipinski definition) is 2. The summed E-state index contributed by atoms with van der Waals surface area (Å²) in [6, 6.07) is 6.91. The number of carbonyl (C=O) groups excluding carboxylic acids is 2. The Kier molecular flexibility index (Phi) is 5.21. The third-order valence-electron chi connectivity index (χ3n) is 4.04. The number of ketones is 1. The van der Waals surface area contributed by atoms with E-state index in [1.165, 1.54) is 0 Å². The maximum Gasteiger partial charge on any atom is 0.335 e. The number of benzene rings is 1. The van der Waals surface area contributed by atoms with Gasteiger partial charge in [0.15, 0.2) is 18.0 Å². The minimum atomic E-state index is -1.27. The molecule has 1 saturated carbocycles. The second kappa shape index (κ2) is 6.77. The lowest BCUT2D eigenvalue weighted by Gasteiger charge is -2.36. The first-order chi connectivity index (χ1) is 10.4. The van der Waals surface area contributed by atoms with Crippen molar-refractivity contribution in [2.75, 3.05) is 0 Å². The highest BCUT2D eigenvalue weighted by atomic mass is 35.5. The van der Waals surface area contributed by atoms with Crippen molar-refractivity contribution in [1.82, 2.24) is 0 Å². The predicted octanol–water partition coefficient (Wildman–Crippen LogP) is 1.93. The molecular formula is C16H20ClNO4. The quantitative estimate of drug-likeness (QED) is 0.826. The molecule has 3 N–H and O–H groups in total. The maximum absolute atomic E-state index is 12.7. The van der Waals surface area contributed by atoms with Gasteiger partial charge in [0, 0.05) is 5.02 Å². The summed E-state index contributed by atoms with van der Waals surface area (Å²) in [5, 5.41) is 9.91. The molecule has 120 valence electrons. The lowest BCUT2D eigenvalue weighted by atomic mass is 9.75. The Labute approximate surface area is 134 Å². The van der Waals surface area contributed by atoms with Crippen molar-refractivity contribution in [3.05, 3.63) is 34.9 Å². The van der Waals surface area contributed by atoms with E-state index < -0.39 is 23.7 Å². The highest BCUT2D eigenvalue weighted by Crippen LogP contribution is 2.36. The van der Waals surface area contributed by atoms with Gasteiger partial charge >= 0.3 is 5.97 Å². The van der Waals surface area contributed by atoms with E-state index in [-0.39, 0.29) is 12.2 Å². The smallest absolute Gasteiger partial charge is 0.335 e. The zero-order chi connectivity index (χ0) is 16.3. The number of nitrogens with two attached hydrogens (primary N) is 1. The third kappa shape index (κ3) is 3.16. The first-order valence-electron chi connectivity index (χ1n) is 7.37. The van der Waals surface area contributed by atoms with E-state index in [0.29, 0.717) is 29.8 Å². The Morgan fingerprint density at radius 1 is 1.55 bits per heavy atom. The molecule has 1 fully saturated rings. The molecule has 3 unspecified atom stereocenters. The normalized spacial score (nSPS) is 26.5. The summed E-state index contributed by atoms with van der Waals surface area (Å²) in [6.07, 6.45) is -0.443. The van der Waals surface area contributed by atoms with Crippen LogP contribution in [0.5, 0.6) is 0 Å². The van der Waals surface area contributed by atoms with E-state index in [2.05, 4.69) is 0 Å². The Morgan fingerprint density at radius 2 is 2.23 bits per heavy atom. The van der Waals surface area contributed by atoms with Gasteiger partial charge < -0.3 is 15.6 Å². The van der Waals surface area contributed by atoms with Crippen molar-refractivity contribution in [3.63, 3.8) is 0 Å². The molecule has 0 radical (unpaired) electrons. The van der Waals surface area contributed by atoms with E-state index in [4.69, 9.17) is 22.1 Å². The number of halogens is 1. The van der Waals surface area contributed by atoms with E-state index in [0.717, 1.165) is 0 Å². The van der Waals surface area contributed by atoms with Gasteiger partial charge in [0.05, 0.1) is 0 Å². The highest BCUT2D eigenvalue weighted by molar-refractivity contribution is 6.31. The van der Waals surface area contributed by atoms with Crippen LogP contribution in [0.4, 0.5) is 0 Å². The van der Waals surface area contributed by atoms with Crippen molar-refractivity contribution >= 4 is 23.4 Å². The van der Waals surface area contributed by atoms with Gasteiger partial charge in [0.2, 0.25) is 0 Å². The average molecular weight is 326 g/mol. The zero-order valence-electron chi connectivity index (χ0n) is 12.4. The number of rotatable bonds is 4. The van der Waals surface area contributed by atoms with Crippen molar-refractivity contribution < 1.29 is 19.4 Å². The van der Waals surface area contributed by atoms with Crippen LogP contribution in [0.25, 0.3) is 0 Å². The van der Waals surface area contributed by atoms with Gasteiger partial charge in [-0.15, -0.1) is 0 Å². The number of aliphatic hydroxyl groups excluding tert-OH is 1. The molecule has 0 aliphatic heterocycles. The molecule has 3 atom stereocenters. The van der Waals surface area contributed by atoms with Crippen LogP contribution in [0.1, 0.15) is 38.2 Å². The summed E-state index contributed by atoms with van der Waals surface area (Å²) in [7, 11) is 0. The number of Topliss-reactive ketones (excluding diaryl/α,β-unsaturated/α-hetero) is 1. The van der Waals surface area contributed by atoms with Gasteiger partial charge in [-0.3, -0.25) is 4.79 Å². The summed E-state index contributed by atoms with van der Waals surface area (Å²) in [6.45, 7) is 1.66. The van der Waals surface area contributed by atoms with Crippen LogP contribution in [-0.2, 0) is 19.9 Å². The Balaban J connectivity index is 2.23. The van der Waals surface area contributed by atoms with Crippen molar-refractivity contribution in [1.29, 1.82) is 0 Å². The van der Waals surface area contributed by atoms with Gasteiger partial charge in [0.25, 0.3) is 0 Å². The van der Waals surface area contributed by atoms with Gasteiger partial charge in [-0.1, -0.05) is 36.7 Å². The molecule has 0 aromatic heterocycles. The molecule has 0 heterocycles. The van der Waals surface area contributed by atoms with Gasteiger partial charge in [-0.25, -0.2) is 4.79 Å². The largest absolute Gasteiger partial charge is 0.452 e.